The lowest BCUT2D eigenvalue weighted by atomic mass is 9.49. The van der Waals surface area contributed by atoms with Crippen LogP contribution in [-0.2, 0) is 20.9 Å². The van der Waals surface area contributed by atoms with Crippen LogP contribution in [0.2, 0.25) is 0 Å². The Morgan fingerprint density at radius 3 is 2.09 bits per heavy atom. The molecule has 4 aliphatic carbocycles. The molecule has 176 valence electrons. The van der Waals surface area contributed by atoms with Gasteiger partial charge in [-0.2, -0.15) is 0 Å². The Bertz CT molecular complexity index is 1090. The van der Waals surface area contributed by atoms with E-state index < -0.39 is 11.5 Å². The summed E-state index contributed by atoms with van der Waals surface area (Å²) in [6, 6.07) is 14.1. The number of rotatable bonds is 5. The molecule has 3 amide bonds. The molecule has 1 unspecified atom stereocenters. The number of anilines is 1. The summed E-state index contributed by atoms with van der Waals surface area (Å²) in [5.41, 5.74) is 0.861. The minimum Gasteiger partial charge on any atom is -0.325 e. The third-order valence-corrected chi connectivity index (χ3v) is 8.53. The van der Waals surface area contributed by atoms with Gasteiger partial charge in [-0.15, -0.1) is 0 Å². The maximum atomic E-state index is 14.3. The third-order valence-electron chi connectivity index (χ3n) is 8.53. The SMILES string of the molecule is O=C1CC(N(Cc2ccc(F)cc2)C(=O)C23CC4CC(CC(C4)C2)C3)C(=O)N1c1ccccc1. The maximum absolute atomic E-state index is 14.3. The Morgan fingerprint density at radius 1 is 0.912 bits per heavy atom. The van der Waals surface area contributed by atoms with E-state index in [2.05, 4.69) is 0 Å². The van der Waals surface area contributed by atoms with E-state index in [0.717, 1.165) is 24.8 Å². The van der Waals surface area contributed by atoms with Crippen LogP contribution in [-0.4, -0.2) is 28.7 Å². The van der Waals surface area contributed by atoms with Gasteiger partial charge in [0, 0.05) is 6.54 Å². The van der Waals surface area contributed by atoms with Crippen LogP contribution < -0.4 is 4.90 Å². The number of halogens is 1. The van der Waals surface area contributed by atoms with Crippen molar-refractivity contribution in [2.75, 3.05) is 4.90 Å². The lowest BCUT2D eigenvalue weighted by Gasteiger charge is -2.57. The standard InChI is InChI=1S/C28H29FN2O3/c29-22-8-6-18(7-9-22)17-30(24-13-25(32)31(26(24)33)23-4-2-1-3-5-23)27(34)28-14-19-10-20(15-28)12-21(11-19)16-28/h1-9,19-21,24H,10-17H2. The Labute approximate surface area is 198 Å². The van der Waals surface area contributed by atoms with E-state index in [9.17, 15) is 18.8 Å². The predicted octanol–water partition coefficient (Wildman–Crippen LogP) is 4.70. The van der Waals surface area contributed by atoms with Gasteiger partial charge < -0.3 is 4.90 Å². The number of hydrogen-bond donors (Lipinski definition) is 0. The van der Waals surface area contributed by atoms with Gasteiger partial charge in [-0.1, -0.05) is 30.3 Å². The summed E-state index contributed by atoms with van der Waals surface area (Å²) in [7, 11) is 0. The summed E-state index contributed by atoms with van der Waals surface area (Å²) in [6.45, 7) is 0.202. The Balaban J connectivity index is 1.35. The highest BCUT2D eigenvalue weighted by atomic mass is 19.1. The average Bonchev–Trinajstić information content (AvgIpc) is 3.11. The van der Waals surface area contributed by atoms with Crippen molar-refractivity contribution in [1.29, 1.82) is 0 Å². The molecule has 2 aromatic rings. The molecular formula is C28H29FN2O3. The Morgan fingerprint density at radius 2 is 1.50 bits per heavy atom. The predicted molar refractivity (Wildman–Crippen MR) is 125 cm³/mol. The van der Waals surface area contributed by atoms with Gasteiger partial charge in [0.2, 0.25) is 11.8 Å². The van der Waals surface area contributed by atoms with Crippen molar-refractivity contribution >= 4 is 23.4 Å². The molecule has 6 heteroatoms. The highest BCUT2D eigenvalue weighted by Gasteiger charge is 2.57. The van der Waals surface area contributed by atoms with E-state index in [1.807, 2.05) is 6.07 Å². The number of carbonyl (C=O) groups excluding carboxylic acids is 3. The zero-order valence-electron chi connectivity index (χ0n) is 19.2. The van der Waals surface area contributed by atoms with Crippen molar-refractivity contribution < 1.29 is 18.8 Å². The van der Waals surface area contributed by atoms with Crippen molar-refractivity contribution in [3.8, 4) is 0 Å². The summed E-state index contributed by atoms with van der Waals surface area (Å²) in [5.74, 6) is 0.792. The first-order valence-electron chi connectivity index (χ1n) is 12.4. The van der Waals surface area contributed by atoms with Crippen LogP contribution in [0.5, 0.6) is 0 Å². The molecule has 7 rings (SSSR count). The second-order valence-corrected chi connectivity index (χ2v) is 10.9. The first-order chi connectivity index (χ1) is 16.4. The second kappa shape index (κ2) is 8.03. The fourth-order valence-corrected chi connectivity index (χ4v) is 7.49. The largest absolute Gasteiger partial charge is 0.325 e. The molecule has 5 fully saturated rings. The molecule has 0 spiro atoms. The number of benzene rings is 2. The van der Waals surface area contributed by atoms with Crippen LogP contribution in [0.4, 0.5) is 10.1 Å². The van der Waals surface area contributed by atoms with E-state index in [4.69, 9.17) is 0 Å². The van der Waals surface area contributed by atoms with Crippen LogP contribution in [0, 0.1) is 29.0 Å². The van der Waals surface area contributed by atoms with Gasteiger partial charge in [0.1, 0.15) is 11.9 Å². The summed E-state index contributed by atoms with van der Waals surface area (Å²) >= 11 is 0. The summed E-state index contributed by atoms with van der Waals surface area (Å²) in [4.78, 5) is 43.8. The summed E-state index contributed by atoms with van der Waals surface area (Å²) in [5, 5.41) is 0. The quantitative estimate of drug-likeness (QED) is 0.608. The first kappa shape index (κ1) is 21.5. The van der Waals surface area contributed by atoms with Gasteiger partial charge in [0.25, 0.3) is 5.91 Å². The van der Waals surface area contributed by atoms with Crippen LogP contribution in [0.15, 0.2) is 54.6 Å². The topological polar surface area (TPSA) is 57.7 Å². The van der Waals surface area contributed by atoms with E-state index in [1.165, 1.54) is 36.3 Å². The third kappa shape index (κ3) is 3.55. The fourth-order valence-electron chi connectivity index (χ4n) is 7.49. The minimum atomic E-state index is -0.835. The van der Waals surface area contributed by atoms with Gasteiger partial charge in [-0.3, -0.25) is 14.4 Å². The molecule has 34 heavy (non-hydrogen) atoms. The van der Waals surface area contributed by atoms with Crippen molar-refractivity contribution in [3.63, 3.8) is 0 Å². The van der Waals surface area contributed by atoms with Gasteiger partial charge in [-0.05, 0) is 86.1 Å². The van der Waals surface area contributed by atoms with Crippen LogP contribution >= 0.6 is 0 Å². The number of imide groups is 1. The Kier molecular flexibility index (Phi) is 5.08. The van der Waals surface area contributed by atoms with Crippen molar-refractivity contribution in [2.45, 2.75) is 57.5 Å². The van der Waals surface area contributed by atoms with E-state index in [1.54, 1.807) is 41.3 Å². The second-order valence-electron chi connectivity index (χ2n) is 10.9. The molecule has 0 radical (unpaired) electrons. The van der Waals surface area contributed by atoms with Crippen LogP contribution in [0.1, 0.15) is 50.5 Å². The number of nitrogens with zero attached hydrogens (tertiary/aromatic N) is 2. The van der Waals surface area contributed by atoms with E-state index in [-0.39, 0.29) is 36.5 Å². The number of carbonyl (C=O) groups is 3. The van der Waals surface area contributed by atoms with Gasteiger partial charge in [0.05, 0.1) is 17.5 Å². The molecule has 1 aliphatic heterocycles. The first-order valence-corrected chi connectivity index (χ1v) is 12.4. The molecule has 1 heterocycles. The van der Waals surface area contributed by atoms with Crippen molar-refractivity contribution in [3.05, 3.63) is 66.0 Å². The average molecular weight is 461 g/mol. The Hall–Kier alpha value is -3.02. The minimum absolute atomic E-state index is 0.0111. The molecule has 5 aliphatic rings. The van der Waals surface area contributed by atoms with Crippen LogP contribution in [0.3, 0.4) is 0 Å². The maximum Gasteiger partial charge on any atom is 0.257 e. The molecule has 2 aromatic carbocycles. The molecule has 0 N–H and O–H groups in total. The number of hydrogen-bond acceptors (Lipinski definition) is 3. The summed E-state index contributed by atoms with van der Waals surface area (Å²) < 4.78 is 13.6. The number of amides is 3. The normalized spacial score (nSPS) is 31.9. The molecule has 4 bridgehead atoms. The van der Waals surface area contributed by atoms with Crippen molar-refractivity contribution in [2.24, 2.45) is 23.2 Å². The summed E-state index contributed by atoms with van der Waals surface area (Å²) in [6.07, 6.45) is 6.28. The lowest BCUT2D eigenvalue weighted by molar-refractivity contribution is -0.162. The van der Waals surface area contributed by atoms with Gasteiger partial charge in [-0.25, -0.2) is 9.29 Å². The zero-order chi connectivity index (χ0) is 23.4. The van der Waals surface area contributed by atoms with E-state index >= 15 is 0 Å². The van der Waals surface area contributed by atoms with Crippen molar-refractivity contribution in [1.82, 2.24) is 4.90 Å². The fraction of sp³-hybridized carbons (Fsp3) is 0.464. The number of para-hydroxylation sites is 1. The monoisotopic (exact) mass is 460 g/mol. The van der Waals surface area contributed by atoms with Gasteiger partial charge >= 0.3 is 0 Å². The molecular weight excluding hydrogens is 431 g/mol. The lowest BCUT2D eigenvalue weighted by Crippen LogP contribution is -2.57. The zero-order valence-corrected chi connectivity index (χ0v) is 19.2. The smallest absolute Gasteiger partial charge is 0.257 e. The van der Waals surface area contributed by atoms with E-state index in [0.29, 0.717) is 23.4 Å². The molecule has 4 saturated carbocycles. The van der Waals surface area contributed by atoms with Crippen LogP contribution in [0.25, 0.3) is 0 Å². The highest BCUT2D eigenvalue weighted by Crippen LogP contribution is 2.60. The molecule has 0 aromatic heterocycles. The van der Waals surface area contributed by atoms with Gasteiger partial charge in [0.15, 0.2) is 0 Å². The highest BCUT2D eigenvalue weighted by molar-refractivity contribution is 6.23. The molecule has 5 nitrogen and oxygen atoms in total. The molecule has 1 saturated heterocycles. The molecule has 1 atom stereocenters.